The van der Waals surface area contributed by atoms with E-state index < -0.39 is 0 Å². The molecular weight excluding hydrogens is 244 g/mol. The Hall–Kier alpha value is -0.900. The maximum absolute atomic E-state index is 10.3. The van der Waals surface area contributed by atoms with Crippen molar-refractivity contribution in [2.24, 2.45) is 5.92 Å². The van der Waals surface area contributed by atoms with Crippen LogP contribution in [0.2, 0.25) is 0 Å². The summed E-state index contributed by atoms with van der Waals surface area (Å²) in [6.45, 7) is 1.70. The van der Waals surface area contributed by atoms with E-state index in [4.69, 9.17) is 4.74 Å². The zero-order valence-corrected chi connectivity index (χ0v) is 11.2. The molecule has 0 aliphatic carbocycles. The third-order valence-corrected chi connectivity index (χ3v) is 4.89. The van der Waals surface area contributed by atoms with E-state index in [9.17, 15) is 5.11 Å². The first-order chi connectivity index (χ1) is 8.83. The Labute approximate surface area is 111 Å². The van der Waals surface area contributed by atoms with E-state index in [0.29, 0.717) is 5.92 Å². The molecule has 3 heteroatoms. The fraction of sp³-hybridized carbons (Fsp3) is 0.467. The number of benzene rings is 1. The lowest BCUT2D eigenvalue weighted by molar-refractivity contribution is 0.0442. The Balaban J connectivity index is 1.72. The Morgan fingerprint density at radius 2 is 2.06 bits per heavy atom. The molecule has 2 heterocycles. The monoisotopic (exact) mass is 262 g/mol. The van der Waals surface area contributed by atoms with Gasteiger partial charge < -0.3 is 9.84 Å². The highest BCUT2D eigenvalue weighted by molar-refractivity contribution is 7.19. The molecule has 96 valence electrons. The molecule has 2 aromatic rings. The molecule has 3 rings (SSSR count). The lowest BCUT2D eigenvalue weighted by Crippen LogP contribution is -2.17. The molecule has 1 N–H and O–H groups in total. The predicted molar refractivity (Wildman–Crippen MR) is 74.9 cm³/mol. The number of aliphatic hydroxyl groups is 1. The Kier molecular flexibility index (Phi) is 3.64. The molecule has 0 bridgehead atoms. The first-order valence-corrected chi connectivity index (χ1v) is 7.39. The Morgan fingerprint density at radius 3 is 2.83 bits per heavy atom. The molecule has 1 unspecified atom stereocenters. The lowest BCUT2D eigenvalue weighted by atomic mass is 9.93. The third-order valence-electron chi connectivity index (χ3n) is 3.67. The van der Waals surface area contributed by atoms with Crippen molar-refractivity contribution in [3.05, 3.63) is 35.2 Å². The molecule has 2 nitrogen and oxygen atoms in total. The van der Waals surface area contributed by atoms with E-state index in [1.165, 1.54) is 10.1 Å². The van der Waals surface area contributed by atoms with E-state index in [0.717, 1.165) is 37.4 Å². The normalized spacial score (nSPS) is 19.2. The van der Waals surface area contributed by atoms with Crippen LogP contribution < -0.4 is 0 Å². The van der Waals surface area contributed by atoms with Crippen molar-refractivity contribution in [2.75, 3.05) is 13.2 Å². The molecular formula is C15H18O2S. The Morgan fingerprint density at radius 1 is 1.28 bits per heavy atom. The number of hydrogen-bond donors (Lipinski definition) is 1. The molecule has 1 aromatic carbocycles. The van der Waals surface area contributed by atoms with E-state index in [1.807, 2.05) is 12.1 Å². The average molecular weight is 262 g/mol. The molecule has 0 spiro atoms. The molecule has 18 heavy (non-hydrogen) atoms. The summed E-state index contributed by atoms with van der Waals surface area (Å²) in [7, 11) is 0. The van der Waals surface area contributed by atoms with E-state index in [-0.39, 0.29) is 6.10 Å². The smallest absolute Gasteiger partial charge is 0.0885 e. The van der Waals surface area contributed by atoms with Gasteiger partial charge in [0.2, 0.25) is 0 Å². The van der Waals surface area contributed by atoms with Gasteiger partial charge in [0.1, 0.15) is 0 Å². The molecule has 1 atom stereocenters. The molecule has 1 aliphatic rings. The number of ether oxygens (including phenoxy) is 1. The highest BCUT2D eigenvalue weighted by Crippen LogP contribution is 2.34. The topological polar surface area (TPSA) is 29.5 Å². The number of hydrogen-bond acceptors (Lipinski definition) is 3. The summed E-state index contributed by atoms with van der Waals surface area (Å²) in [5, 5.41) is 11.6. The fourth-order valence-electron chi connectivity index (χ4n) is 2.58. The summed E-state index contributed by atoms with van der Waals surface area (Å²) in [5.74, 6) is 0.610. The number of rotatable bonds is 3. The van der Waals surface area contributed by atoms with E-state index in [2.05, 4.69) is 18.2 Å². The van der Waals surface area contributed by atoms with Gasteiger partial charge in [-0.25, -0.2) is 0 Å². The highest BCUT2D eigenvalue weighted by Gasteiger charge is 2.20. The molecule has 1 aliphatic heterocycles. The minimum absolute atomic E-state index is 0.314. The summed E-state index contributed by atoms with van der Waals surface area (Å²) in [6.07, 6.45) is 2.73. The van der Waals surface area contributed by atoms with Crippen LogP contribution in [0.4, 0.5) is 0 Å². The van der Waals surface area contributed by atoms with E-state index >= 15 is 0 Å². The zero-order chi connectivity index (χ0) is 12.4. The van der Waals surface area contributed by atoms with Crippen LogP contribution in [0.15, 0.2) is 30.3 Å². The minimum atomic E-state index is -0.314. The summed E-state index contributed by atoms with van der Waals surface area (Å²) >= 11 is 1.71. The van der Waals surface area contributed by atoms with Crippen LogP contribution in [0.1, 0.15) is 30.2 Å². The van der Waals surface area contributed by atoms with Crippen LogP contribution in [0.3, 0.4) is 0 Å². The molecule has 1 fully saturated rings. The van der Waals surface area contributed by atoms with Crippen molar-refractivity contribution in [3.63, 3.8) is 0 Å². The van der Waals surface area contributed by atoms with Gasteiger partial charge in [0.05, 0.1) is 6.10 Å². The molecule has 0 saturated carbocycles. The average Bonchev–Trinajstić information content (AvgIpc) is 2.84. The van der Waals surface area contributed by atoms with Gasteiger partial charge >= 0.3 is 0 Å². The van der Waals surface area contributed by atoms with Gasteiger partial charge in [-0.05, 0) is 42.7 Å². The fourth-order valence-corrected chi connectivity index (χ4v) is 3.64. The van der Waals surface area contributed by atoms with Crippen molar-refractivity contribution < 1.29 is 9.84 Å². The van der Waals surface area contributed by atoms with Crippen molar-refractivity contribution >= 4 is 21.4 Å². The van der Waals surface area contributed by atoms with Crippen molar-refractivity contribution in [1.29, 1.82) is 0 Å². The summed E-state index contributed by atoms with van der Waals surface area (Å²) in [5.41, 5.74) is 0. The van der Waals surface area contributed by atoms with Gasteiger partial charge in [0, 0.05) is 22.8 Å². The number of thiophene rings is 1. The number of fused-ring (bicyclic) bond motifs is 1. The van der Waals surface area contributed by atoms with Gasteiger partial charge in [0.25, 0.3) is 0 Å². The minimum Gasteiger partial charge on any atom is -0.388 e. The highest BCUT2D eigenvalue weighted by atomic mass is 32.1. The number of aliphatic hydroxyl groups excluding tert-OH is 1. The second-order valence-corrected chi connectivity index (χ2v) is 6.11. The van der Waals surface area contributed by atoms with E-state index in [1.54, 1.807) is 11.3 Å². The van der Waals surface area contributed by atoms with Crippen molar-refractivity contribution in [2.45, 2.75) is 25.4 Å². The van der Waals surface area contributed by atoms with Gasteiger partial charge in [-0.1, -0.05) is 18.2 Å². The standard InChI is InChI=1S/C15H18O2S/c16-13(9-11-5-7-17-8-6-11)15-10-12-3-1-2-4-14(12)18-15/h1-4,10-11,13,16H,5-9H2. The van der Waals surface area contributed by atoms with Crippen molar-refractivity contribution in [1.82, 2.24) is 0 Å². The van der Waals surface area contributed by atoms with Crippen LogP contribution in [-0.4, -0.2) is 18.3 Å². The first-order valence-electron chi connectivity index (χ1n) is 6.57. The first kappa shape index (κ1) is 12.2. The SMILES string of the molecule is OC(CC1CCOCC1)c1cc2ccccc2s1. The second kappa shape index (κ2) is 5.39. The summed E-state index contributed by atoms with van der Waals surface area (Å²) < 4.78 is 6.62. The zero-order valence-electron chi connectivity index (χ0n) is 10.3. The maximum atomic E-state index is 10.3. The van der Waals surface area contributed by atoms with Crippen LogP contribution in [0, 0.1) is 5.92 Å². The van der Waals surface area contributed by atoms with Crippen molar-refractivity contribution in [3.8, 4) is 0 Å². The summed E-state index contributed by atoms with van der Waals surface area (Å²) in [4.78, 5) is 1.10. The largest absolute Gasteiger partial charge is 0.388 e. The van der Waals surface area contributed by atoms with Gasteiger partial charge in [-0.15, -0.1) is 11.3 Å². The van der Waals surface area contributed by atoms with Crippen LogP contribution in [-0.2, 0) is 4.74 Å². The van der Waals surface area contributed by atoms with Crippen LogP contribution >= 0.6 is 11.3 Å². The molecule has 1 aromatic heterocycles. The Bertz CT molecular complexity index is 481. The molecule has 1 saturated heterocycles. The van der Waals surface area contributed by atoms with Crippen LogP contribution in [0.5, 0.6) is 0 Å². The van der Waals surface area contributed by atoms with Gasteiger partial charge in [-0.2, -0.15) is 0 Å². The third kappa shape index (κ3) is 2.58. The molecule has 0 radical (unpaired) electrons. The second-order valence-electron chi connectivity index (χ2n) is 4.99. The lowest BCUT2D eigenvalue weighted by Gasteiger charge is -2.23. The quantitative estimate of drug-likeness (QED) is 0.912. The van der Waals surface area contributed by atoms with Crippen LogP contribution in [0.25, 0.3) is 10.1 Å². The van der Waals surface area contributed by atoms with Gasteiger partial charge in [-0.3, -0.25) is 0 Å². The maximum Gasteiger partial charge on any atom is 0.0885 e. The molecule has 0 amide bonds. The van der Waals surface area contributed by atoms with Gasteiger partial charge in [0.15, 0.2) is 0 Å². The predicted octanol–water partition coefficient (Wildman–Crippen LogP) is 3.75. The summed E-state index contributed by atoms with van der Waals surface area (Å²) in [6, 6.07) is 10.4.